The Balaban J connectivity index is 2.73. The van der Waals surface area contributed by atoms with E-state index in [1.54, 1.807) is 12.1 Å². The quantitative estimate of drug-likeness (QED) is 0.727. The van der Waals surface area contributed by atoms with Crippen LogP contribution < -0.4 is 5.32 Å². The highest BCUT2D eigenvalue weighted by atomic mass is 16.4. The normalized spacial score (nSPS) is 9.85. The first kappa shape index (κ1) is 15.5. The predicted molar refractivity (Wildman–Crippen MR) is 71.7 cm³/mol. The van der Waals surface area contributed by atoms with Crippen LogP contribution in [0.2, 0.25) is 0 Å². The molecule has 1 aromatic carbocycles. The van der Waals surface area contributed by atoms with Crippen molar-refractivity contribution in [1.82, 2.24) is 4.90 Å². The number of urea groups is 1. The molecule has 0 unspecified atom stereocenters. The van der Waals surface area contributed by atoms with E-state index in [4.69, 9.17) is 10.2 Å². The molecule has 0 saturated heterocycles. The number of nitrogens with one attached hydrogen (secondary N) is 1. The van der Waals surface area contributed by atoms with Crippen molar-refractivity contribution in [3.8, 4) is 0 Å². The topological polar surface area (TPSA) is 107 Å². The van der Waals surface area contributed by atoms with Gasteiger partial charge in [-0.25, -0.2) is 4.79 Å². The van der Waals surface area contributed by atoms with Crippen LogP contribution in [0, 0.1) is 0 Å². The monoisotopic (exact) mass is 280 g/mol. The van der Waals surface area contributed by atoms with Gasteiger partial charge in [0, 0.05) is 5.69 Å². The van der Waals surface area contributed by atoms with Crippen LogP contribution in [0.4, 0.5) is 10.5 Å². The summed E-state index contributed by atoms with van der Waals surface area (Å²) in [5.41, 5.74) is 1.57. The Morgan fingerprint density at radius 2 is 1.55 bits per heavy atom. The number of hydrogen-bond donors (Lipinski definition) is 3. The lowest BCUT2D eigenvalue weighted by atomic mass is 10.1. The van der Waals surface area contributed by atoms with Crippen LogP contribution in [0.1, 0.15) is 12.5 Å². The number of carboxylic acids is 2. The summed E-state index contributed by atoms with van der Waals surface area (Å²) in [6.07, 6.45) is 0.860. The van der Waals surface area contributed by atoms with Gasteiger partial charge in [-0.2, -0.15) is 0 Å². The van der Waals surface area contributed by atoms with Crippen molar-refractivity contribution in [2.75, 3.05) is 18.4 Å². The fourth-order valence-corrected chi connectivity index (χ4v) is 1.55. The molecule has 0 aliphatic rings. The lowest BCUT2D eigenvalue weighted by molar-refractivity contribution is -0.140. The Morgan fingerprint density at radius 1 is 1.05 bits per heavy atom. The number of amides is 2. The van der Waals surface area contributed by atoms with E-state index in [1.807, 2.05) is 19.1 Å². The molecule has 20 heavy (non-hydrogen) atoms. The summed E-state index contributed by atoms with van der Waals surface area (Å²) in [6, 6.07) is 6.24. The summed E-state index contributed by atoms with van der Waals surface area (Å²) < 4.78 is 0. The van der Waals surface area contributed by atoms with Crippen molar-refractivity contribution in [2.45, 2.75) is 13.3 Å². The second-order valence-electron chi connectivity index (χ2n) is 4.12. The summed E-state index contributed by atoms with van der Waals surface area (Å²) >= 11 is 0. The van der Waals surface area contributed by atoms with Crippen molar-refractivity contribution in [3.63, 3.8) is 0 Å². The Bertz CT molecular complexity index is 482. The summed E-state index contributed by atoms with van der Waals surface area (Å²) in [5.74, 6) is -2.55. The second-order valence-corrected chi connectivity index (χ2v) is 4.12. The highest BCUT2D eigenvalue weighted by molar-refractivity contribution is 5.93. The third-order valence-corrected chi connectivity index (χ3v) is 2.55. The summed E-state index contributed by atoms with van der Waals surface area (Å²) in [7, 11) is 0. The van der Waals surface area contributed by atoms with Gasteiger partial charge in [0.15, 0.2) is 0 Å². The van der Waals surface area contributed by atoms with Gasteiger partial charge in [0.05, 0.1) is 0 Å². The number of carbonyl (C=O) groups is 3. The van der Waals surface area contributed by atoms with Gasteiger partial charge in [-0.15, -0.1) is 0 Å². The zero-order valence-electron chi connectivity index (χ0n) is 11.0. The summed E-state index contributed by atoms with van der Waals surface area (Å²) in [6.45, 7) is 0.644. The van der Waals surface area contributed by atoms with E-state index in [9.17, 15) is 14.4 Å². The van der Waals surface area contributed by atoms with E-state index >= 15 is 0 Å². The van der Waals surface area contributed by atoms with Crippen LogP contribution in [0.5, 0.6) is 0 Å². The van der Waals surface area contributed by atoms with Gasteiger partial charge in [0.25, 0.3) is 0 Å². The van der Waals surface area contributed by atoms with Gasteiger partial charge in [-0.05, 0) is 24.1 Å². The number of carboxylic acid groups (broad SMARTS) is 2. The Kier molecular flexibility index (Phi) is 5.52. The van der Waals surface area contributed by atoms with Gasteiger partial charge in [-0.1, -0.05) is 19.1 Å². The summed E-state index contributed by atoms with van der Waals surface area (Å²) in [4.78, 5) is 33.8. The van der Waals surface area contributed by atoms with Crippen LogP contribution in [0.25, 0.3) is 0 Å². The minimum atomic E-state index is -1.28. The molecule has 1 aromatic rings. The molecule has 0 spiro atoms. The minimum absolute atomic E-state index is 0.480. The maximum Gasteiger partial charge on any atom is 0.323 e. The van der Waals surface area contributed by atoms with E-state index in [0.29, 0.717) is 10.6 Å². The first-order chi connectivity index (χ1) is 9.42. The number of rotatable bonds is 6. The van der Waals surface area contributed by atoms with Gasteiger partial charge < -0.3 is 20.4 Å². The third kappa shape index (κ3) is 4.97. The third-order valence-electron chi connectivity index (χ3n) is 2.55. The van der Waals surface area contributed by atoms with Crippen LogP contribution in [0.15, 0.2) is 24.3 Å². The average molecular weight is 280 g/mol. The minimum Gasteiger partial charge on any atom is -0.480 e. The van der Waals surface area contributed by atoms with E-state index in [2.05, 4.69) is 5.32 Å². The first-order valence-corrected chi connectivity index (χ1v) is 6.00. The first-order valence-electron chi connectivity index (χ1n) is 6.00. The molecule has 1 rings (SSSR count). The van der Waals surface area contributed by atoms with E-state index in [-0.39, 0.29) is 0 Å². The zero-order valence-corrected chi connectivity index (χ0v) is 11.0. The molecule has 0 bridgehead atoms. The molecule has 0 aliphatic heterocycles. The van der Waals surface area contributed by atoms with E-state index in [1.165, 1.54) is 0 Å². The predicted octanol–water partition coefficient (Wildman–Crippen LogP) is 1.25. The van der Waals surface area contributed by atoms with E-state index < -0.39 is 31.1 Å². The fraction of sp³-hybridized carbons (Fsp3) is 0.308. The number of aliphatic carboxylic acids is 2. The lowest BCUT2D eigenvalue weighted by Crippen LogP contribution is -2.41. The zero-order chi connectivity index (χ0) is 15.1. The maximum atomic E-state index is 11.8. The molecule has 0 fully saturated rings. The van der Waals surface area contributed by atoms with Crippen molar-refractivity contribution in [2.24, 2.45) is 0 Å². The van der Waals surface area contributed by atoms with Crippen molar-refractivity contribution < 1.29 is 24.6 Å². The molecule has 0 atom stereocenters. The van der Waals surface area contributed by atoms with Crippen molar-refractivity contribution >= 4 is 23.7 Å². The molecular weight excluding hydrogens is 264 g/mol. The van der Waals surface area contributed by atoms with Gasteiger partial charge in [0.2, 0.25) is 0 Å². The van der Waals surface area contributed by atoms with Crippen molar-refractivity contribution in [3.05, 3.63) is 29.8 Å². The Hall–Kier alpha value is -2.57. The highest BCUT2D eigenvalue weighted by Gasteiger charge is 2.19. The van der Waals surface area contributed by atoms with Gasteiger partial charge in [-0.3, -0.25) is 9.59 Å². The molecular formula is C13H16N2O5. The lowest BCUT2D eigenvalue weighted by Gasteiger charge is -2.19. The summed E-state index contributed by atoms with van der Waals surface area (Å²) in [5, 5.41) is 19.8. The van der Waals surface area contributed by atoms with Crippen LogP contribution in [-0.4, -0.2) is 46.2 Å². The van der Waals surface area contributed by atoms with Crippen LogP contribution >= 0.6 is 0 Å². The Labute approximate surface area is 115 Å². The van der Waals surface area contributed by atoms with Crippen LogP contribution in [-0.2, 0) is 16.0 Å². The molecule has 7 nitrogen and oxygen atoms in total. The van der Waals surface area contributed by atoms with Gasteiger partial charge in [0.1, 0.15) is 13.1 Å². The average Bonchev–Trinajstić information content (AvgIpc) is 2.37. The molecule has 0 saturated carbocycles. The second kappa shape index (κ2) is 7.13. The number of benzene rings is 1. The molecule has 108 valence electrons. The number of carbonyl (C=O) groups excluding carboxylic acids is 1. The highest BCUT2D eigenvalue weighted by Crippen LogP contribution is 2.10. The van der Waals surface area contributed by atoms with Crippen LogP contribution in [0.3, 0.4) is 0 Å². The molecule has 3 N–H and O–H groups in total. The standard InChI is InChI=1S/C13H16N2O5/c1-2-9-3-5-10(6-4-9)14-13(20)15(7-11(16)17)8-12(18)19/h3-6H,2,7-8H2,1H3,(H,14,20)(H,16,17)(H,18,19). The van der Waals surface area contributed by atoms with Crippen molar-refractivity contribution in [1.29, 1.82) is 0 Å². The SMILES string of the molecule is CCc1ccc(NC(=O)N(CC(=O)O)CC(=O)O)cc1. The largest absolute Gasteiger partial charge is 0.480 e. The molecule has 0 aromatic heterocycles. The number of nitrogens with zero attached hydrogens (tertiary/aromatic N) is 1. The number of hydrogen-bond acceptors (Lipinski definition) is 3. The fourth-order valence-electron chi connectivity index (χ4n) is 1.55. The Morgan fingerprint density at radius 3 is 1.95 bits per heavy atom. The molecule has 0 heterocycles. The number of anilines is 1. The number of aryl methyl sites for hydroxylation is 1. The van der Waals surface area contributed by atoms with Gasteiger partial charge >= 0.3 is 18.0 Å². The molecule has 7 heteroatoms. The molecule has 0 radical (unpaired) electrons. The van der Waals surface area contributed by atoms with E-state index in [0.717, 1.165) is 12.0 Å². The maximum absolute atomic E-state index is 11.8. The smallest absolute Gasteiger partial charge is 0.323 e. The molecule has 2 amide bonds. The molecule has 0 aliphatic carbocycles.